The Morgan fingerprint density at radius 2 is 1.78 bits per heavy atom. The Kier molecular flexibility index (Phi) is 3.91. The molecule has 2 aliphatic rings. The first kappa shape index (κ1) is 17.1. The van der Waals surface area contributed by atoms with Crippen molar-refractivity contribution < 1.29 is 14.1 Å². The maximum absolute atomic E-state index is 13.5. The molecule has 1 fully saturated rings. The van der Waals surface area contributed by atoms with Crippen LogP contribution in [0.3, 0.4) is 0 Å². The lowest BCUT2D eigenvalue weighted by Crippen LogP contribution is -3.11. The van der Waals surface area contributed by atoms with E-state index in [9.17, 15) is 19.7 Å². The zero-order valence-corrected chi connectivity index (χ0v) is 14.7. The third-order valence-electron chi connectivity index (χ3n) is 5.77. The molecule has 2 heterocycles. The van der Waals surface area contributed by atoms with Crippen molar-refractivity contribution in [1.82, 2.24) is 0 Å². The molecule has 132 valence electrons. The molecule has 4 rings (SSSR count). The molecule has 5 heteroatoms. The Morgan fingerprint density at radius 3 is 2.41 bits per heavy atom. The minimum atomic E-state index is -1.44. The van der Waals surface area contributed by atoms with Gasteiger partial charge in [0.25, 0.3) is 0 Å². The van der Waals surface area contributed by atoms with Crippen molar-refractivity contribution >= 4 is 11.9 Å². The Balaban J connectivity index is 2.00. The van der Waals surface area contributed by atoms with Crippen LogP contribution < -0.4 is 4.90 Å². The molecule has 27 heavy (non-hydrogen) atoms. The second-order valence-electron chi connectivity index (χ2n) is 7.11. The Hall–Kier alpha value is -3.28. The fourth-order valence-corrected chi connectivity index (χ4v) is 4.70. The Bertz CT molecular complexity index is 1010. The van der Waals surface area contributed by atoms with E-state index in [0.717, 1.165) is 16.0 Å². The van der Waals surface area contributed by atoms with Gasteiger partial charge in [-0.25, -0.2) is 4.39 Å². The Morgan fingerprint density at radius 1 is 1.11 bits per heavy atom. The third kappa shape index (κ3) is 2.33. The molecule has 2 aromatic rings. The van der Waals surface area contributed by atoms with Crippen molar-refractivity contribution in [2.75, 3.05) is 0 Å². The van der Waals surface area contributed by atoms with Gasteiger partial charge in [0.05, 0.1) is 24.3 Å². The van der Waals surface area contributed by atoms with Gasteiger partial charge in [-0.15, -0.1) is 0 Å². The molecule has 0 radical (unpaired) electrons. The molecule has 4 atom stereocenters. The number of nitrogens with one attached hydrogen (secondary N) is 1. The first-order valence-corrected chi connectivity index (χ1v) is 8.75. The van der Waals surface area contributed by atoms with Crippen molar-refractivity contribution in [1.29, 1.82) is 10.5 Å². The van der Waals surface area contributed by atoms with Crippen molar-refractivity contribution in [3.8, 4) is 12.1 Å². The van der Waals surface area contributed by atoms with E-state index in [-0.39, 0.29) is 5.78 Å². The van der Waals surface area contributed by atoms with Gasteiger partial charge in [-0.2, -0.15) is 10.5 Å². The lowest BCUT2D eigenvalue weighted by Gasteiger charge is -2.29. The van der Waals surface area contributed by atoms with E-state index in [1.54, 1.807) is 12.1 Å². The van der Waals surface area contributed by atoms with Crippen LogP contribution in [0.25, 0.3) is 6.08 Å². The number of Topliss-reactive ketones (excluding diaryl/α,β-unsaturated/α-hetero) is 1. The van der Waals surface area contributed by atoms with Gasteiger partial charge in [-0.1, -0.05) is 36.4 Å². The molecule has 4 nitrogen and oxygen atoms in total. The second-order valence-corrected chi connectivity index (χ2v) is 7.11. The van der Waals surface area contributed by atoms with Crippen molar-refractivity contribution in [2.45, 2.75) is 24.9 Å². The third-order valence-corrected chi connectivity index (χ3v) is 5.77. The highest BCUT2D eigenvalue weighted by Crippen LogP contribution is 2.51. The first-order chi connectivity index (χ1) is 13.0. The molecule has 0 aliphatic carbocycles. The average Bonchev–Trinajstić information content (AvgIpc) is 3.00. The van der Waals surface area contributed by atoms with E-state index in [2.05, 4.69) is 12.1 Å². The number of benzene rings is 2. The van der Waals surface area contributed by atoms with E-state index in [1.165, 1.54) is 19.1 Å². The molecule has 2 aliphatic heterocycles. The van der Waals surface area contributed by atoms with Crippen LogP contribution in [0.4, 0.5) is 4.39 Å². The van der Waals surface area contributed by atoms with Gasteiger partial charge in [0, 0.05) is 12.5 Å². The number of fused-ring (bicyclic) bond motifs is 3. The van der Waals surface area contributed by atoms with Crippen LogP contribution in [0.5, 0.6) is 0 Å². The summed E-state index contributed by atoms with van der Waals surface area (Å²) in [6.45, 7) is 1.49. The topological polar surface area (TPSA) is 69.1 Å². The van der Waals surface area contributed by atoms with Crippen molar-refractivity contribution in [3.63, 3.8) is 0 Å². The van der Waals surface area contributed by atoms with Gasteiger partial charge in [-0.05, 0) is 29.3 Å². The number of rotatable bonds is 2. The molecule has 0 bridgehead atoms. The summed E-state index contributed by atoms with van der Waals surface area (Å²) in [5, 5.41) is 20.3. The molecule has 0 aromatic heterocycles. The fourth-order valence-electron chi connectivity index (χ4n) is 4.70. The highest BCUT2D eigenvalue weighted by molar-refractivity contribution is 5.82. The van der Waals surface area contributed by atoms with Crippen LogP contribution in [0, 0.1) is 33.9 Å². The van der Waals surface area contributed by atoms with E-state index in [1.807, 2.05) is 36.5 Å². The Labute approximate surface area is 156 Å². The maximum atomic E-state index is 13.5. The molecular formula is C22H17FN3O+. The number of carbonyl (C=O) groups is 1. The lowest BCUT2D eigenvalue weighted by molar-refractivity contribution is -0.885. The summed E-state index contributed by atoms with van der Waals surface area (Å²) in [6, 6.07) is 16.8. The van der Waals surface area contributed by atoms with Crippen molar-refractivity contribution in [2.24, 2.45) is 5.41 Å². The number of nitriles is 2. The smallest absolute Gasteiger partial charge is 0.212 e. The summed E-state index contributed by atoms with van der Waals surface area (Å²) in [7, 11) is 0. The minimum Gasteiger partial charge on any atom is -0.293 e. The number of ketones is 1. The number of nitrogens with zero attached hydrogens (tertiary/aromatic N) is 2. The van der Waals surface area contributed by atoms with Crippen LogP contribution in [0.1, 0.15) is 35.6 Å². The number of carbonyl (C=O) groups excluding carboxylic acids is 1. The second kappa shape index (κ2) is 6.16. The first-order valence-electron chi connectivity index (χ1n) is 8.75. The SMILES string of the molecule is CC(=O)[C@H]1[C@H](c2ccc(F)cc2)C(C#N)(C#N)[C@@H]2c3ccccc3C=C[NH+]21. The number of hydrogen-bond donors (Lipinski definition) is 1. The summed E-state index contributed by atoms with van der Waals surface area (Å²) in [4.78, 5) is 13.4. The predicted molar refractivity (Wildman–Crippen MR) is 96.4 cm³/mol. The molecule has 0 saturated carbocycles. The molecule has 0 amide bonds. The normalized spacial score (nSPS) is 27.1. The van der Waals surface area contributed by atoms with Crippen LogP contribution >= 0.6 is 0 Å². The van der Waals surface area contributed by atoms with Gasteiger partial charge in [0.15, 0.2) is 17.9 Å². The van der Waals surface area contributed by atoms with E-state index >= 15 is 0 Å². The summed E-state index contributed by atoms with van der Waals surface area (Å²) < 4.78 is 13.5. The zero-order valence-electron chi connectivity index (χ0n) is 14.7. The molecule has 1 saturated heterocycles. The van der Waals surface area contributed by atoms with E-state index in [4.69, 9.17) is 0 Å². The molecule has 1 unspecified atom stereocenters. The lowest BCUT2D eigenvalue weighted by atomic mass is 9.68. The van der Waals surface area contributed by atoms with E-state index < -0.39 is 29.2 Å². The standard InChI is InChI=1S/C22H16FN3O/c1-14(27)20-19(16-6-8-17(23)9-7-16)22(12-24,13-25)21-18-5-3-2-4-15(18)10-11-26(20)21/h2-11,19-21H,1H3/p+1/t19-,20-,21-/m0/s1. The summed E-state index contributed by atoms with van der Waals surface area (Å²) in [5.41, 5.74) is 1.02. The van der Waals surface area contributed by atoms with Gasteiger partial charge in [0.1, 0.15) is 5.82 Å². The van der Waals surface area contributed by atoms with Gasteiger partial charge in [0.2, 0.25) is 5.41 Å². The monoisotopic (exact) mass is 358 g/mol. The quantitative estimate of drug-likeness (QED) is 0.897. The molecule has 2 aromatic carbocycles. The van der Waals surface area contributed by atoms with E-state index in [0.29, 0.717) is 5.56 Å². The average molecular weight is 358 g/mol. The van der Waals surface area contributed by atoms with Crippen LogP contribution in [0.2, 0.25) is 0 Å². The zero-order chi connectivity index (χ0) is 19.2. The fraction of sp³-hybridized carbons (Fsp3) is 0.227. The highest BCUT2D eigenvalue weighted by atomic mass is 19.1. The number of hydrogen-bond acceptors (Lipinski definition) is 3. The number of quaternary nitrogens is 1. The molecule has 1 N–H and O–H groups in total. The largest absolute Gasteiger partial charge is 0.293 e. The predicted octanol–water partition coefficient (Wildman–Crippen LogP) is 2.52. The molecule has 0 spiro atoms. The minimum absolute atomic E-state index is 0.0965. The van der Waals surface area contributed by atoms with Gasteiger partial charge < -0.3 is 0 Å². The summed E-state index contributed by atoms with van der Waals surface area (Å²) in [5.74, 6) is -1.15. The van der Waals surface area contributed by atoms with Gasteiger partial charge >= 0.3 is 0 Å². The molecular weight excluding hydrogens is 341 g/mol. The summed E-state index contributed by atoms with van der Waals surface area (Å²) >= 11 is 0. The summed E-state index contributed by atoms with van der Waals surface area (Å²) in [6.07, 6.45) is 3.82. The van der Waals surface area contributed by atoms with Crippen molar-refractivity contribution in [3.05, 3.63) is 77.2 Å². The highest BCUT2D eigenvalue weighted by Gasteiger charge is 2.67. The van der Waals surface area contributed by atoms with Crippen LogP contribution in [-0.4, -0.2) is 11.8 Å². The number of halogens is 1. The van der Waals surface area contributed by atoms with Crippen LogP contribution in [0.15, 0.2) is 54.7 Å². The van der Waals surface area contributed by atoms with Crippen LogP contribution in [-0.2, 0) is 4.79 Å². The maximum Gasteiger partial charge on any atom is 0.212 e. The van der Waals surface area contributed by atoms with Gasteiger partial charge in [-0.3, -0.25) is 9.69 Å².